The molecule has 0 fully saturated rings. The van der Waals surface area contributed by atoms with Crippen molar-refractivity contribution in [3.8, 4) is 0 Å². The molecule has 0 amide bonds. The highest BCUT2D eigenvalue weighted by atomic mass is 32.2. The molecule has 3 heterocycles. The van der Waals surface area contributed by atoms with Crippen LogP contribution < -0.4 is 15.1 Å². The minimum atomic E-state index is 0.843. The minimum Gasteiger partial charge on any atom is -0.368 e. The average Bonchev–Trinajstić information content (AvgIpc) is 3.44. The first-order chi connectivity index (χ1) is 17.8. The molecule has 176 valence electrons. The Morgan fingerprint density at radius 3 is 2.44 bits per heavy atom. The number of fused-ring (bicyclic) bond motifs is 4. The van der Waals surface area contributed by atoms with Crippen LogP contribution in [0.15, 0.2) is 119 Å². The van der Waals surface area contributed by atoms with Gasteiger partial charge < -0.3 is 15.1 Å². The van der Waals surface area contributed by atoms with E-state index in [1.165, 1.54) is 48.7 Å². The van der Waals surface area contributed by atoms with Crippen molar-refractivity contribution in [2.24, 2.45) is 0 Å². The second-order valence-electron chi connectivity index (χ2n) is 9.25. The van der Waals surface area contributed by atoms with Gasteiger partial charge in [0.2, 0.25) is 0 Å². The first-order valence-electron chi connectivity index (χ1n) is 12.3. The van der Waals surface area contributed by atoms with E-state index in [1.54, 1.807) is 0 Å². The second-order valence-corrected chi connectivity index (χ2v) is 10.4. The number of hydrogen-bond donors (Lipinski definition) is 1. The predicted molar refractivity (Wildman–Crippen MR) is 153 cm³/mol. The molecule has 1 N–H and O–H groups in total. The van der Waals surface area contributed by atoms with Gasteiger partial charge in [0.1, 0.15) is 5.82 Å². The van der Waals surface area contributed by atoms with Crippen molar-refractivity contribution in [3.05, 3.63) is 109 Å². The predicted octanol–water partition coefficient (Wildman–Crippen LogP) is 7.45. The molecule has 0 spiro atoms. The van der Waals surface area contributed by atoms with Gasteiger partial charge in [-0.3, -0.25) is 4.57 Å². The molecule has 0 bridgehead atoms. The average molecular weight is 487 g/mol. The highest BCUT2D eigenvalue weighted by Gasteiger charge is 2.24. The summed E-state index contributed by atoms with van der Waals surface area (Å²) >= 11 is 1.82. The van der Waals surface area contributed by atoms with E-state index in [2.05, 4.69) is 136 Å². The number of allylic oxidation sites excluding steroid dienone is 2. The maximum absolute atomic E-state index is 3.55. The van der Waals surface area contributed by atoms with Crippen molar-refractivity contribution in [2.45, 2.75) is 9.79 Å². The highest BCUT2D eigenvalue weighted by molar-refractivity contribution is 7.99. The number of aromatic nitrogens is 1. The molecule has 4 nitrogen and oxygen atoms in total. The maximum Gasteiger partial charge on any atom is 0.111 e. The molecule has 7 rings (SSSR count). The molecule has 4 aromatic carbocycles. The van der Waals surface area contributed by atoms with E-state index in [-0.39, 0.29) is 0 Å². The Morgan fingerprint density at radius 2 is 1.56 bits per heavy atom. The summed E-state index contributed by atoms with van der Waals surface area (Å²) in [6, 6.07) is 33.0. The van der Waals surface area contributed by atoms with Gasteiger partial charge in [-0.15, -0.1) is 0 Å². The molecule has 0 atom stereocenters. The molecule has 1 aromatic heterocycles. The molecular formula is C31H26N4S. The summed E-state index contributed by atoms with van der Waals surface area (Å²) in [6.07, 6.45) is 6.43. The largest absolute Gasteiger partial charge is 0.368 e. The topological polar surface area (TPSA) is 23.4 Å². The van der Waals surface area contributed by atoms with Crippen molar-refractivity contribution in [2.75, 3.05) is 30.1 Å². The van der Waals surface area contributed by atoms with Crippen LogP contribution in [-0.4, -0.2) is 24.8 Å². The Kier molecular flexibility index (Phi) is 5.03. The number of para-hydroxylation sites is 3. The standard InChI is InChI=1S/C31H26N4S/c1-33-21-34(29-14-5-4-13-28(29)33)22-9-8-10-23(19-22)36-24-16-17-26-25-11-2-3-12-27(25)35(30(26)20-24)31-15-6-7-18-32-31/h2-17,19-20,32H,18,21H2,1H3. The Balaban J connectivity index is 1.27. The lowest BCUT2D eigenvalue weighted by Gasteiger charge is -2.20. The Bertz CT molecular complexity index is 1680. The van der Waals surface area contributed by atoms with Gasteiger partial charge in [0, 0.05) is 39.8 Å². The van der Waals surface area contributed by atoms with Crippen LogP contribution in [0.5, 0.6) is 0 Å². The van der Waals surface area contributed by atoms with Crippen LogP contribution in [-0.2, 0) is 0 Å². The lowest BCUT2D eigenvalue weighted by Crippen LogP contribution is -2.23. The summed E-state index contributed by atoms with van der Waals surface area (Å²) in [5, 5.41) is 6.10. The summed E-state index contributed by atoms with van der Waals surface area (Å²) in [4.78, 5) is 7.15. The SMILES string of the molecule is CN1CN(c2cccc(Sc3ccc4c5ccccc5n(C5=CC=CCN5)c4c3)c2)c2ccccc21. The molecule has 5 heteroatoms. The molecule has 2 aliphatic heterocycles. The monoisotopic (exact) mass is 486 g/mol. The van der Waals surface area contributed by atoms with E-state index in [0.717, 1.165) is 19.0 Å². The fraction of sp³-hybridized carbons (Fsp3) is 0.0968. The summed E-state index contributed by atoms with van der Waals surface area (Å²) in [6.45, 7) is 1.70. The van der Waals surface area contributed by atoms with Crippen molar-refractivity contribution < 1.29 is 0 Å². The first-order valence-corrected chi connectivity index (χ1v) is 13.1. The third-order valence-electron chi connectivity index (χ3n) is 6.98. The van der Waals surface area contributed by atoms with Gasteiger partial charge in [0.05, 0.1) is 29.1 Å². The Morgan fingerprint density at radius 1 is 0.750 bits per heavy atom. The van der Waals surface area contributed by atoms with E-state index in [0.29, 0.717) is 0 Å². The molecule has 0 radical (unpaired) electrons. The van der Waals surface area contributed by atoms with Crippen LogP contribution >= 0.6 is 11.8 Å². The lowest BCUT2D eigenvalue weighted by atomic mass is 10.2. The minimum absolute atomic E-state index is 0.843. The van der Waals surface area contributed by atoms with Crippen LogP contribution in [0.1, 0.15) is 0 Å². The quantitative estimate of drug-likeness (QED) is 0.285. The van der Waals surface area contributed by atoms with Gasteiger partial charge in [-0.05, 0) is 54.6 Å². The van der Waals surface area contributed by atoms with Gasteiger partial charge >= 0.3 is 0 Å². The molecule has 36 heavy (non-hydrogen) atoms. The van der Waals surface area contributed by atoms with Gasteiger partial charge in [-0.2, -0.15) is 0 Å². The molecule has 2 aliphatic rings. The molecule has 0 aliphatic carbocycles. The van der Waals surface area contributed by atoms with Crippen molar-refractivity contribution in [1.29, 1.82) is 0 Å². The summed E-state index contributed by atoms with van der Waals surface area (Å²) in [7, 11) is 2.15. The Labute approximate surface area is 215 Å². The van der Waals surface area contributed by atoms with Gasteiger partial charge in [0.25, 0.3) is 0 Å². The van der Waals surface area contributed by atoms with Crippen LogP contribution in [0.2, 0.25) is 0 Å². The number of dihydropyridines is 1. The number of hydrogen-bond acceptors (Lipinski definition) is 4. The van der Waals surface area contributed by atoms with Crippen LogP contribution in [0.25, 0.3) is 27.6 Å². The zero-order valence-corrected chi connectivity index (χ0v) is 20.9. The number of nitrogens with zero attached hydrogens (tertiary/aromatic N) is 3. The second kappa shape index (κ2) is 8.54. The van der Waals surface area contributed by atoms with Gasteiger partial charge in [-0.25, -0.2) is 0 Å². The van der Waals surface area contributed by atoms with E-state index in [4.69, 9.17) is 0 Å². The lowest BCUT2D eigenvalue weighted by molar-refractivity contribution is 0.922. The zero-order chi connectivity index (χ0) is 24.1. The third kappa shape index (κ3) is 3.47. The van der Waals surface area contributed by atoms with Crippen LogP contribution in [0.4, 0.5) is 17.1 Å². The van der Waals surface area contributed by atoms with E-state index in [9.17, 15) is 0 Å². The number of benzene rings is 4. The molecular weight excluding hydrogens is 460 g/mol. The molecule has 0 saturated carbocycles. The molecule has 0 unspecified atom stereocenters. The third-order valence-corrected chi connectivity index (χ3v) is 7.96. The molecule has 5 aromatic rings. The van der Waals surface area contributed by atoms with E-state index < -0.39 is 0 Å². The number of anilines is 3. The fourth-order valence-electron chi connectivity index (χ4n) is 5.33. The highest BCUT2D eigenvalue weighted by Crippen LogP contribution is 2.41. The van der Waals surface area contributed by atoms with Crippen molar-refractivity contribution in [1.82, 2.24) is 9.88 Å². The van der Waals surface area contributed by atoms with E-state index >= 15 is 0 Å². The van der Waals surface area contributed by atoms with Crippen LogP contribution in [0.3, 0.4) is 0 Å². The zero-order valence-electron chi connectivity index (χ0n) is 20.1. The summed E-state index contributed by atoms with van der Waals surface area (Å²) in [5.74, 6) is 1.12. The van der Waals surface area contributed by atoms with Gasteiger partial charge in [0.15, 0.2) is 0 Å². The first kappa shape index (κ1) is 21.2. The van der Waals surface area contributed by atoms with Crippen LogP contribution in [0, 0.1) is 0 Å². The van der Waals surface area contributed by atoms with Gasteiger partial charge in [-0.1, -0.05) is 66.4 Å². The van der Waals surface area contributed by atoms with Crippen molar-refractivity contribution in [3.63, 3.8) is 0 Å². The summed E-state index contributed by atoms with van der Waals surface area (Å²) in [5.41, 5.74) is 6.20. The summed E-state index contributed by atoms with van der Waals surface area (Å²) < 4.78 is 2.35. The number of nitrogens with one attached hydrogen (secondary N) is 1. The normalized spacial score (nSPS) is 14.9. The number of rotatable bonds is 4. The van der Waals surface area contributed by atoms with E-state index in [1.807, 2.05) is 11.8 Å². The maximum atomic E-state index is 3.55. The fourth-order valence-corrected chi connectivity index (χ4v) is 6.23. The molecule has 0 saturated heterocycles. The Hall–Kier alpha value is -4.09. The smallest absolute Gasteiger partial charge is 0.111 e. The van der Waals surface area contributed by atoms with Crippen molar-refractivity contribution >= 4 is 56.5 Å².